The summed E-state index contributed by atoms with van der Waals surface area (Å²) in [5.41, 5.74) is 6.80. The van der Waals surface area contributed by atoms with Crippen LogP contribution in [0.15, 0.2) is 24.3 Å². The molecule has 22 heavy (non-hydrogen) atoms. The molecule has 0 radical (unpaired) electrons. The molecule has 2 rings (SSSR count). The first-order valence-electron chi connectivity index (χ1n) is 7.68. The molecule has 0 spiro atoms. The summed E-state index contributed by atoms with van der Waals surface area (Å²) in [7, 11) is 0. The topological polar surface area (TPSA) is 87.4 Å². The third-order valence-electron chi connectivity index (χ3n) is 4.14. The number of hydrogen-bond acceptors (Lipinski definition) is 4. The molecule has 0 aliphatic carbocycles. The van der Waals surface area contributed by atoms with Crippen molar-refractivity contribution in [3.05, 3.63) is 34.9 Å². The second-order valence-corrected chi connectivity index (χ2v) is 6.41. The number of nitrogens with two attached hydrogens (primary N) is 1. The van der Waals surface area contributed by atoms with Crippen molar-refractivity contribution in [1.82, 2.24) is 10.6 Å². The number of piperidine rings is 1. The molecule has 1 atom stereocenters. The molecule has 1 amide bonds. The van der Waals surface area contributed by atoms with Crippen LogP contribution >= 0.6 is 11.6 Å². The van der Waals surface area contributed by atoms with E-state index in [4.69, 9.17) is 17.3 Å². The molecule has 1 heterocycles. The van der Waals surface area contributed by atoms with Gasteiger partial charge in [-0.3, -0.25) is 4.79 Å². The summed E-state index contributed by atoms with van der Waals surface area (Å²) in [6, 6.07) is 7.08. The summed E-state index contributed by atoms with van der Waals surface area (Å²) in [6.07, 6.45) is 2.37. The van der Waals surface area contributed by atoms with Gasteiger partial charge in [-0.1, -0.05) is 23.7 Å². The maximum Gasteiger partial charge on any atom is 0.222 e. The van der Waals surface area contributed by atoms with Gasteiger partial charge in [-0.15, -0.1) is 0 Å². The van der Waals surface area contributed by atoms with Crippen LogP contribution in [0.3, 0.4) is 0 Å². The van der Waals surface area contributed by atoms with Gasteiger partial charge in [0.1, 0.15) is 0 Å². The Balaban J connectivity index is 1.97. The summed E-state index contributed by atoms with van der Waals surface area (Å²) < 4.78 is 0. The van der Waals surface area contributed by atoms with Gasteiger partial charge in [0.2, 0.25) is 5.91 Å². The molecular weight excluding hydrogens is 302 g/mol. The number of carbonyl (C=O) groups excluding carboxylic acids is 1. The molecule has 1 aliphatic rings. The summed E-state index contributed by atoms with van der Waals surface area (Å²) in [6.45, 7) is 1.70. The van der Waals surface area contributed by atoms with Gasteiger partial charge in [0.05, 0.1) is 6.04 Å². The predicted octanol–water partition coefficient (Wildman–Crippen LogP) is 1.35. The van der Waals surface area contributed by atoms with Crippen molar-refractivity contribution < 1.29 is 9.90 Å². The van der Waals surface area contributed by atoms with E-state index >= 15 is 0 Å². The first-order valence-corrected chi connectivity index (χ1v) is 8.05. The van der Waals surface area contributed by atoms with E-state index in [1.807, 2.05) is 12.1 Å². The predicted molar refractivity (Wildman–Crippen MR) is 87.7 cm³/mol. The third kappa shape index (κ3) is 4.95. The van der Waals surface area contributed by atoms with E-state index in [1.165, 1.54) is 0 Å². The van der Waals surface area contributed by atoms with Crippen molar-refractivity contribution in [2.45, 2.75) is 37.3 Å². The largest absolute Gasteiger partial charge is 0.396 e. The quantitative estimate of drug-likeness (QED) is 0.636. The van der Waals surface area contributed by atoms with Gasteiger partial charge in [0.25, 0.3) is 0 Å². The second-order valence-electron chi connectivity index (χ2n) is 5.97. The lowest BCUT2D eigenvalue weighted by molar-refractivity contribution is -0.123. The molecule has 1 aliphatic heterocycles. The van der Waals surface area contributed by atoms with Crippen LogP contribution < -0.4 is 16.4 Å². The average Bonchev–Trinajstić information content (AvgIpc) is 2.48. The second kappa shape index (κ2) is 7.92. The van der Waals surface area contributed by atoms with Crippen LogP contribution in [-0.2, 0) is 4.79 Å². The van der Waals surface area contributed by atoms with Crippen molar-refractivity contribution in [3.8, 4) is 0 Å². The van der Waals surface area contributed by atoms with E-state index < -0.39 is 5.54 Å². The molecule has 0 saturated carbocycles. The van der Waals surface area contributed by atoms with Crippen molar-refractivity contribution in [2.24, 2.45) is 5.73 Å². The lowest BCUT2D eigenvalue weighted by Crippen LogP contribution is -2.51. The number of carbonyl (C=O) groups is 1. The summed E-state index contributed by atoms with van der Waals surface area (Å²) in [5.74, 6) is -0.0715. The van der Waals surface area contributed by atoms with Crippen molar-refractivity contribution in [2.75, 3.05) is 19.7 Å². The zero-order valence-electron chi connectivity index (χ0n) is 12.6. The fourth-order valence-electron chi connectivity index (χ4n) is 2.81. The van der Waals surface area contributed by atoms with Gasteiger partial charge < -0.3 is 21.5 Å². The van der Waals surface area contributed by atoms with Crippen LogP contribution in [0.25, 0.3) is 0 Å². The number of hydrogen-bond donors (Lipinski definition) is 4. The minimum Gasteiger partial charge on any atom is -0.396 e. The van der Waals surface area contributed by atoms with Crippen LogP contribution in [0.1, 0.15) is 37.3 Å². The number of rotatable bonds is 6. The number of aliphatic hydroxyl groups excluding tert-OH is 1. The van der Waals surface area contributed by atoms with Crippen LogP contribution in [0.4, 0.5) is 0 Å². The number of halogens is 1. The van der Waals surface area contributed by atoms with Gasteiger partial charge in [-0.25, -0.2) is 0 Å². The zero-order chi connectivity index (χ0) is 16.0. The minimum atomic E-state index is -0.431. The molecule has 1 fully saturated rings. The maximum absolute atomic E-state index is 12.3. The molecule has 122 valence electrons. The molecule has 1 aromatic rings. The molecule has 5 N–H and O–H groups in total. The van der Waals surface area contributed by atoms with Crippen molar-refractivity contribution in [1.29, 1.82) is 0 Å². The highest BCUT2D eigenvalue weighted by molar-refractivity contribution is 6.30. The highest BCUT2D eigenvalue weighted by Gasteiger charge is 2.30. The monoisotopic (exact) mass is 325 g/mol. The Morgan fingerprint density at radius 3 is 2.59 bits per heavy atom. The van der Waals surface area contributed by atoms with E-state index in [0.29, 0.717) is 17.9 Å². The minimum absolute atomic E-state index is 0.00522. The Hall–Kier alpha value is -1.14. The lowest BCUT2D eigenvalue weighted by Gasteiger charge is -2.33. The highest BCUT2D eigenvalue weighted by atomic mass is 35.5. The molecule has 0 unspecified atom stereocenters. The van der Waals surface area contributed by atoms with Crippen LogP contribution in [0.5, 0.6) is 0 Å². The van der Waals surface area contributed by atoms with Crippen LogP contribution in [-0.4, -0.2) is 36.2 Å². The van der Waals surface area contributed by atoms with Crippen LogP contribution in [0.2, 0.25) is 5.02 Å². The lowest BCUT2D eigenvalue weighted by atomic mass is 9.86. The summed E-state index contributed by atoms with van der Waals surface area (Å²) >= 11 is 5.89. The SMILES string of the molecule is NC1(CC(=O)N[C@@H](CCO)c2ccc(Cl)cc2)CCNCC1. The molecular formula is C16H24ClN3O2. The molecule has 1 saturated heterocycles. The van der Waals surface area contributed by atoms with Crippen molar-refractivity contribution in [3.63, 3.8) is 0 Å². The first kappa shape index (κ1) is 17.2. The normalized spacial score (nSPS) is 18.7. The van der Waals surface area contributed by atoms with Crippen molar-refractivity contribution >= 4 is 17.5 Å². The fourth-order valence-corrected chi connectivity index (χ4v) is 2.94. The van der Waals surface area contributed by atoms with Crippen LogP contribution in [0, 0.1) is 0 Å². The Morgan fingerprint density at radius 1 is 1.36 bits per heavy atom. The zero-order valence-corrected chi connectivity index (χ0v) is 13.4. The van der Waals surface area contributed by atoms with Gasteiger partial charge in [-0.2, -0.15) is 0 Å². The standard InChI is InChI=1S/C16H24ClN3O2/c17-13-3-1-12(2-4-13)14(5-10-21)20-15(22)11-16(18)6-8-19-9-7-16/h1-4,14,19,21H,5-11,18H2,(H,20,22)/t14-/m0/s1. The Bertz CT molecular complexity index is 487. The molecule has 0 aromatic heterocycles. The highest BCUT2D eigenvalue weighted by Crippen LogP contribution is 2.22. The van der Waals surface area contributed by atoms with Gasteiger partial charge in [0.15, 0.2) is 0 Å². The van der Waals surface area contributed by atoms with E-state index in [-0.39, 0.29) is 18.6 Å². The third-order valence-corrected chi connectivity index (χ3v) is 4.39. The number of amides is 1. The number of benzene rings is 1. The van der Waals surface area contributed by atoms with Gasteiger partial charge >= 0.3 is 0 Å². The van der Waals surface area contributed by atoms with Gasteiger partial charge in [0, 0.05) is 23.6 Å². The fraction of sp³-hybridized carbons (Fsp3) is 0.562. The van der Waals surface area contributed by atoms with E-state index in [0.717, 1.165) is 31.5 Å². The first-order chi connectivity index (χ1) is 10.5. The van der Waals surface area contributed by atoms with Gasteiger partial charge in [-0.05, 0) is 50.0 Å². The summed E-state index contributed by atoms with van der Waals surface area (Å²) in [5, 5.41) is 16.1. The molecule has 0 bridgehead atoms. The maximum atomic E-state index is 12.3. The van der Waals surface area contributed by atoms with E-state index in [1.54, 1.807) is 12.1 Å². The Kier molecular flexibility index (Phi) is 6.20. The number of nitrogens with one attached hydrogen (secondary N) is 2. The molecule has 6 heteroatoms. The smallest absolute Gasteiger partial charge is 0.222 e. The molecule has 1 aromatic carbocycles. The average molecular weight is 326 g/mol. The number of aliphatic hydroxyl groups is 1. The Labute approximate surface area is 136 Å². The Morgan fingerprint density at radius 2 is 2.00 bits per heavy atom. The van der Waals surface area contributed by atoms with E-state index in [9.17, 15) is 9.90 Å². The van der Waals surface area contributed by atoms with E-state index in [2.05, 4.69) is 10.6 Å². The molecule has 5 nitrogen and oxygen atoms in total. The summed E-state index contributed by atoms with van der Waals surface area (Å²) in [4.78, 5) is 12.3.